The zero-order valence-corrected chi connectivity index (χ0v) is 16.7. The van der Waals surface area contributed by atoms with Crippen LogP contribution in [0.25, 0.3) is 11.0 Å². The zero-order chi connectivity index (χ0) is 19.8. The van der Waals surface area contributed by atoms with Gasteiger partial charge in [-0.15, -0.1) is 0 Å². The minimum absolute atomic E-state index is 0.0899. The van der Waals surface area contributed by atoms with E-state index in [9.17, 15) is 9.59 Å². The molecular weight excluding hydrogens is 352 g/mol. The summed E-state index contributed by atoms with van der Waals surface area (Å²) in [5.74, 6) is 0.357. The number of aromatic nitrogens is 3. The molecule has 0 bridgehead atoms. The first kappa shape index (κ1) is 18.6. The zero-order valence-electron chi connectivity index (χ0n) is 16.7. The number of nitrogens with one attached hydrogen (secondary N) is 1. The van der Waals surface area contributed by atoms with E-state index in [1.807, 2.05) is 30.7 Å². The van der Waals surface area contributed by atoms with E-state index in [2.05, 4.69) is 17.3 Å². The summed E-state index contributed by atoms with van der Waals surface area (Å²) in [5, 5.41) is 8.16. The molecule has 0 saturated heterocycles. The number of allylic oxidation sites excluding steroid dienone is 3. The number of Topliss-reactive ketones (excluding diaryl/α,β-unsaturated/α-hetero) is 1. The van der Waals surface area contributed by atoms with Crippen LogP contribution in [0.2, 0.25) is 0 Å². The van der Waals surface area contributed by atoms with Crippen molar-refractivity contribution < 1.29 is 9.59 Å². The topological polar surface area (TPSA) is 76.9 Å². The number of ketones is 1. The molecule has 6 heteroatoms. The molecule has 0 atom stereocenters. The quantitative estimate of drug-likeness (QED) is 0.832. The molecule has 2 aromatic heterocycles. The normalized spacial score (nSPS) is 17.2. The SMILES string of the molecule is CCCn1ncc2c(C(=O)NCC3=C(C)C=C(C)CC3=O)cc(C3CC3)nc21. The van der Waals surface area contributed by atoms with Crippen LogP contribution in [-0.4, -0.2) is 33.0 Å². The van der Waals surface area contributed by atoms with Crippen molar-refractivity contribution >= 4 is 22.7 Å². The number of carbonyl (C=O) groups is 2. The molecule has 0 spiro atoms. The van der Waals surface area contributed by atoms with Crippen LogP contribution in [-0.2, 0) is 11.3 Å². The maximum absolute atomic E-state index is 13.0. The van der Waals surface area contributed by atoms with Gasteiger partial charge in [0.05, 0.1) is 17.1 Å². The molecule has 2 aromatic rings. The Bertz CT molecular complexity index is 1020. The number of hydrogen-bond acceptors (Lipinski definition) is 4. The van der Waals surface area contributed by atoms with Crippen molar-refractivity contribution in [1.29, 1.82) is 0 Å². The number of hydrogen-bond donors (Lipinski definition) is 1. The summed E-state index contributed by atoms with van der Waals surface area (Å²) >= 11 is 0. The van der Waals surface area contributed by atoms with Gasteiger partial charge in [-0.3, -0.25) is 9.59 Å². The molecule has 1 fully saturated rings. The second-order valence-electron chi connectivity index (χ2n) is 7.91. The summed E-state index contributed by atoms with van der Waals surface area (Å²) < 4.78 is 1.88. The summed E-state index contributed by atoms with van der Waals surface area (Å²) in [5.41, 5.74) is 5.03. The Morgan fingerprint density at radius 2 is 2.11 bits per heavy atom. The van der Waals surface area contributed by atoms with Crippen molar-refractivity contribution in [1.82, 2.24) is 20.1 Å². The van der Waals surface area contributed by atoms with Gasteiger partial charge >= 0.3 is 0 Å². The second-order valence-corrected chi connectivity index (χ2v) is 7.91. The predicted octanol–water partition coefficient (Wildman–Crippen LogP) is 3.68. The highest BCUT2D eigenvalue weighted by atomic mass is 16.2. The van der Waals surface area contributed by atoms with E-state index in [0.717, 1.165) is 53.7 Å². The summed E-state index contributed by atoms with van der Waals surface area (Å²) in [4.78, 5) is 30.1. The largest absolute Gasteiger partial charge is 0.348 e. The summed E-state index contributed by atoms with van der Waals surface area (Å²) in [7, 11) is 0. The molecule has 1 amide bonds. The molecule has 6 nitrogen and oxygen atoms in total. The van der Waals surface area contributed by atoms with Gasteiger partial charge in [0, 0.05) is 36.7 Å². The van der Waals surface area contributed by atoms with Gasteiger partial charge in [0.2, 0.25) is 0 Å². The molecule has 1 N–H and O–H groups in total. The number of pyridine rings is 1. The number of fused-ring (bicyclic) bond motifs is 1. The third kappa shape index (κ3) is 3.51. The molecule has 0 radical (unpaired) electrons. The van der Waals surface area contributed by atoms with Crippen LogP contribution in [0, 0.1) is 0 Å². The first-order valence-corrected chi connectivity index (χ1v) is 10.0. The van der Waals surface area contributed by atoms with Crippen LogP contribution in [0.5, 0.6) is 0 Å². The predicted molar refractivity (Wildman–Crippen MR) is 108 cm³/mol. The third-order valence-corrected chi connectivity index (χ3v) is 5.45. The Kier molecular flexibility index (Phi) is 4.87. The van der Waals surface area contributed by atoms with E-state index in [4.69, 9.17) is 4.98 Å². The van der Waals surface area contributed by atoms with Gasteiger partial charge in [0.25, 0.3) is 5.91 Å². The maximum atomic E-state index is 13.0. The van der Waals surface area contributed by atoms with E-state index in [0.29, 0.717) is 23.5 Å². The minimum Gasteiger partial charge on any atom is -0.348 e. The first-order valence-electron chi connectivity index (χ1n) is 10.0. The van der Waals surface area contributed by atoms with E-state index in [-0.39, 0.29) is 18.2 Å². The average Bonchev–Trinajstić information content (AvgIpc) is 3.42. The molecule has 0 unspecified atom stereocenters. The summed E-state index contributed by atoms with van der Waals surface area (Å²) in [6.45, 7) is 7.00. The van der Waals surface area contributed by atoms with Crippen LogP contribution in [0.15, 0.2) is 35.1 Å². The van der Waals surface area contributed by atoms with Gasteiger partial charge in [0.15, 0.2) is 11.4 Å². The van der Waals surface area contributed by atoms with Crippen LogP contribution in [0.4, 0.5) is 0 Å². The highest BCUT2D eigenvalue weighted by Crippen LogP contribution is 2.40. The lowest BCUT2D eigenvalue weighted by Gasteiger charge is -2.16. The summed E-state index contributed by atoms with van der Waals surface area (Å²) in [6.07, 6.45) is 7.37. The fourth-order valence-corrected chi connectivity index (χ4v) is 3.81. The Hall–Kier alpha value is -2.76. The minimum atomic E-state index is -0.176. The van der Waals surface area contributed by atoms with Crippen LogP contribution in [0.1, 0.15) is 68.4 Å². The monoisotopic (exact) mass is 378 g/mol. The van der Waals surface area contributed by atoms with Gasteiger partial charge in [-0.2, -0.15) is 5.10 Å². The molecular formula is C22H26N4O2. The Morgan fingerprint density at radius 1 is 1.32 bits per heavy atom. The van der Waals surface area contributed by atoms with Crippen molar-refractivity contribution in [2.45, 2.75) is 58.9 Å². The van der Waals surface area contributed by atoms with E-state index in [1.54, 1.807) is 6.20 Å². The number of nitrogens with zero attached hydrogens (tertiary/aromatic N) is 3. The third-order valence-electron chi connectivity index (χ3n) is 5.45. The van der Waals surface area contributed by atoms with Crippen LogP contribution < -0.4 is 5.32 Å². The number of rotatable bonds is 6. The molecule has 0 aromatic carbocycles. The molecule has 0 aliphatic heterocycles. The second kappa shape index (κ2) is 7.34. The fourth-order valence-electron chi connectivity index (χ4n) is 3.81. The van der Waals surface area contributed by atoms with E-state index < -0.39 is 0 Å². The molecule has 2 aliphatic carbocycles. The Labute approximate surface area is 164 Å². The summed E-state index contributed by atoms with van der Waals surface area (Å²) in [6, 6.07) is 1.90. The van der Waals surface area contributed by atoms with Gasteiger partial charge in [0.1, 0.15) is 0 Å². The van der Waals surface area contributed by atoms with Crippen molar-refractivity contribution in [2.75, 3.05) is 6.54 Å². The highest BCUT2D eigenvalue weighted by Gasteiger charge is 2.28. The van der Waals surface area contributed by atoms with Crippen LogP contribution in [0.3, 0.4) is 0 Å². The van der Waals surface area contributed by atoms with Crippen LogP contribution >= 0.6 is 0 Å². The number of carbonyl (C=O) groups excluding carboxylic acids is 2. The van der Waals surface area contributed by atoms with Crippen molar-refractivity contribution in [3.05, 3.63) is 46.3 Å². The van der Waals surface area contributed by atoms with Crippen molar-refractivity contribution in [3.8, 4) is 0 Å². The number of aryl methyl sites for hydroxylation is 1. The lowest BCUT2D eigenvalue weighted by molar-refractivity contribution is -0.115. The average molecular weight is 378 g/mol. The molecule has 28 heavy (non-hydrogen) atoms. The van der Waals surface area contributed by atoms with E-state index in [1.165, 1.54) is 0 Å². The molecule has 1 saturated carbocycles. The highest BCUT2D eigenvalue weighted by molar-refractivity contribution is 6.06. The molecule has 2 heterocycles. The van der Waals surface area contributed by atoms with Gasteiger partial charge in [-0.05, 0) is 44.7 Å². The molecule has 146 valence electrons. The lowest BCUT2D eigenvalue weighted by atomic mass is 9.92. The lowest BCUT2D eigenvalue weighted by Crippen LogP contribution is -2.29. The smallest absolute Gasteiger partial charge is 0.252 e. The molecule has 4 rings (SSSR count). The van der Waals surface area contributed by atoms with Gasteiger partial charge in [-0.1, -0.05) is 18.6 Å². The maximum Gasteiger partial charge on any atom is 0.252 e. The molecule has 2 aliphatic rings. The Balaban J connectivity index is 1.64. The van der Waals surface area contributed by atoms with Crippen molar-refractivity contribution in [3.63, 3.8) is 0 Å². The van der Waals surface area contributed by atoms with Gasteiger partial charge < -0.3 is 5.32 Å². The van der Waals surface area contributed by atoms with Crippen molar-refractivity contribution in [2.24, 2.45) is 0 Å². The first-order chi connectivity index (χ1) is 13.5. The van der Waals surface area contributed by atoms with E-state index >= 15 is 0 Å². The number of amides is 1. The Morgan fingerprint density at radius 3 is 2.79 bits per heavy atom. The van der Waals surface area contributed by atoms with Gasteiger partial charge in [-0.25, -0.2) is 9.67 Å². The standard InChI is InChI=1S/C22H26N4O2/c1-4-7-26-21-18(12-24-26)16(10-19(25-21)15-5-6-15)22(28)23-11-17-14(3)8-13(2)9-20(17)27/h8,10,12,15H,4-7,9,11H2,1-3H3,(H,23,28). The fraction of sp³-hybridized carbons (Fsp3) is 0.455.